The minimum Gasteiger partial charge on any atom is -0.381 e. The van der Waals surface area contributed by atoms with E-state index < -0.39 is 0 Å². The van der Waals surface area contributed by atoms with Gasteiger partial charge in [-0.05, 0) is 31.9 Å². The first-order chi connectivity index (χ1) is 4.61. The van der Waals surface area contributed by atoms with Gasteiger partial charge in [-0.3, -0.25) is 0 Å². The topological polar surface area (TPSA) is 77.8 Å². The summed E-state index contributed by atoms with van der Waals surface area (Å²) in [6.07, 6.45) is 0. The molecule has 0 saturated heterocycles. The molecule has 0 aliphatic carbocycles. The Hall–Kier alpha value is -0.360. The molecular weight excluding hydrogens is 264 g/mol. The van der Waals surface area contributed by atoms with E-state index in [9.17, 15) is 0 Å². The first kappa shape index (κ1) is 7.74. The summed E-state index contributed by atoms with van der Waals surface area (Å²) in [6.45, 7) is 0. The van der Waals surface area contributed by atoms with E-state index in [1.807, 2.05) is 0 Å². The molecule has 0 aliphatic rings. The van der Waals surface area contributed by atoms with Gasteiger partial charge in [-0.1, -0.05) is 0 Å². The number of nitrogens with zero attached hydrogens (tertiary/aromatic N) is 2. The van der Waals surface area contributed by atoms with Crippen LogP contribution in [0.15, 0.2) is 9.21 Å². The second kappa shape index (κ2) is 2.71. The van der Waals surface area contributed by atoms with Crippen molar-refractivity contribution in [2.45, 2.75) is 0 Å². The molecule has 0 saturated carbocycles. The molecular formula is C4H4Br2N4. The van der Waals surface area contributed by atoms with E-state index in [1.165, 1.54) is 0 Å². The highest BCUT2D eigenvalue weighted by atomic mass is 79.9. The Kier molecular flexibility index (Phi) is 2.10. The molecule has 1 aromatic heterocycles. The van der Waals surface area contributed by atoms with E-state index >= 15 is 0 Å². The van der Waals surface area contributed by atoms with Crippen molar-refractivity contribution < 1.29 is 0 Å². The molecule has 6 heteroatoms. The van der Waals surface area contributed by atoms with Crippen molar-refractivity contribution in [3.63, 3.8) is 0 Å². The molecule has 0 aromatic carbocycles. The van der Waals surface area contributed by atoms with Crippen LogP contribution in [0.3, 0.4) is 0 Å². The fourth-order valence-corrected chi connectivity index (χ4v) is 1.19. The van der Waals surface area contributed by atoms with Gasteiger partial charge in [0.1, 0.15) is 9.21 Å². The second-order valence-corrected chi connectivity index (χ2v) is 3.08. The molecule has 10 heavy (non-hydrogen) atoms. The van der Waals surface area contributed by atoms with Crippen LogP contribution < -0.4 is 11.5 Å². The van der Waals surface area contributed by atoms with Crippen molar-refractivity contribution in [2.24, 2.45) is 0 Å². The van der Waals surface area contributed by atoms with Crippen molar-refractivity contribution in [3.05, 3.63) is 9.21 Å². The van der Waals surface area contributed by atoms with Crippen molar-refractivity contribution in [2.75, 3.05) is 11.5 Å². The fraction of sp³-hybridized carbons (Fsp3) is 0. The summed E-state index contributed by atoms with van der Waals surface area (Å²) in [7, 11) is 0. The number of nitrogens with two attached hydrogens (primary N) is 2. The predicted octanol–water partition coefficient (Wildman–Crippen LogP) is 1.17. The average molecular weight is 268 g/mol. The molecule has 0 amide bonds. The van der Waals surface area contributed by atoms with Crippen LogP contribution in [-0.2, 0) is 0 Å². The molecule has 0 bridgehead atoms. The van der Waals surface area contributed by atoms with Gasteiger partial charge in [-0.15, -0.1) is 0 Å². The largest absolute Gasteiger partial charge is 0.381 e. The van der Waals surface area contributed by atoms with Crippen LogP contribution in [-0.4, -0.2) is 9.97 Å². The lowest BCUT2D eigenvalue weighted by atomic mass is 10.6. The molecule has 54 valence electrons. The Morgan fingerprint density at radius 3 is 1.60 bits per heavy atom. The van der Waals surface area contributed by atoms with Gasteiger partial charge in [0.15, 0.2) is 11.6 Å². The molecule has 0 unspecified atom stereocenters. The molecule has 1 aromatic rings. The summed E-state index contributed by atoms with van der Waals surface area (Å²) in [6, 6.07) is 0. The fourth-order valence-electron chi connectivity index (χ4n) is 0.423. The zero-order valence-electron chi connectivity index (χ0n) is 4.81. The third-order valence-corrected chi connectivity index (χ3v) is 2.03. The maximum Gasteiger partial charge on any atom is 0.159 e. The van der Waals surface area contributed by atoms with Crippen LogP contribution >= 0.6 is 31.9 Å². The number of aromatic nitrogens is 2. The van der Waals surface area contributed by atoms with Gasteiger partial charge < -0.3 is 11.5 Å². The highest BCUT2D eigenvalue weighted by Crippen LogP contribution is 2.21. The van der Waals surface area contributed by atoms with Gasteiger partial charge in [-0.2, -0.15) is 0 Å². The molecule has 0 spiro atoms. The van der Waals surface area contributed by atoms with Crippen molar-refractivity contribution in [1.82, 2.24) is 9.97 Å². The summed E-state index contributed by atoms with van der Waals surface area (Å²) in [5.41, 5.74) is 10.7. The quantitative estimate of drug-likeness (QED) is 0.740. The van der Waals surface area contributed by atoms with Crippen LogP contribution in [0.2, 0.25) is 0 Å². The van der Waals surface area contributed by atoms with Gasteiger partial charge in [0.25, 0.3) is 0 Å². The smallest absolute Gasteiger partial charge is 0.159 e. The number of hydrogen-bond donors (Lipinski definition) is 2. The third kappa shape index (κ3) is 1.38. The molecule has 4 nitrogen and oxygen atoms in total. The monoisotopic (exact) mass is 266 g/mol. The van der Waals surface area contributed by atoms with Crippen molar-refractivity contribution >= 4 is 43.5 Å². The van der Waals surface area contributed by atoms with Crippen molar-refractivity contribution in [3.8, 4) is 0 Å². The van der Waals surface area contributed by atoms with E-state index in [2.05, 4.69) is 41.8 Å². The Morgan fingerprint density at radius 1 is 0.900 bits per heavy atom. The van der Waals surface area contributed by atoms with E-state index in [-0.39, 0.29) is 0 Å². The van der Waals surface area contributed by atoms with Crippen LogP contribution in [0.1, 0.15) is 0 Å². The Balaban J connectivity index is 3.28. The van der Waals surface area contributed by atoms with Gasteiger partial charge in [-0.25, -0.2) is 9.97 Å². The Labute approximate surface area is 74.3 Å². The van der Waals surface area contributed by atoms with Crippen LogP contribution in [0.25, 0.3) is 0 Å². The van der Waals surface area contributed by atoms with Crippen LogP contribution in [0, 0.1) is 0 Å². The Bertz CT molecular complexity index is 211. The summed E-state index contributed by atoms with van der Waals surface area (Å²) < 4.78 is 0.988. The maximum atomic E-state index is 5.37. The van der Waals surface area contributed by atoms with Crippen molar-refractivity contribution in [1.29, 1.82) is 0 Å². The molecule has 0 fully saturated rings. The number of rotatable bonds is 0. The number of anilines is 2. The molecule has 0 atom stereocenters. The van der Waals surface area contributed by atoms with Gasteiger partial charge >= 0.3 is 0 Å². The van der Waals surface area contributed by atoms with E-state index in [4.69, 9.17) is 11.5 Å². The SMILES string of the molecule is Nc1nc(N)c(Br)nc1Br. The first-order valence-electron chi connectivity index (χ1n) is 2.35. The number of hydrogen-bond acceptors (Lipinski definition) is 4. The predicted molar refractivity (Wildman–Crippen MR) is 46.3 cm³/mol. The lowest BCUT2D eigenvalue weighted by Crippen LogP contribution is -2.00. The molecule has 4 N–H and O–H groups in total. The minimum absolute atomic E-state index is 0.292. The molecule has 0 aliphatic heterocycles. The third-order valence-electron chi connectivity index (χ3n) is 0.860. The maximum absolute atomic E-state index is 5.37. The molecule has 1 rings (SSSR count). The van der Waals surface area contributed by atoms with E-state index in [0.717, 1.165) is 0 Å². The summed E-state index contributed by atoms with van der Waals surface area (Å²) in [5, 5.41) is 0. The minimum atomic E-state index is 0.292. The van der Waals surface area contributed by atoms with E-state index in [0.29, 0.717) is 20.8 Å². The Morgan fingerprint density at radius 2 is 1.30 bits per heavy atom. The number of halogens is 2. The summed E-state index contributed by atoms with van der Waals surface area (Å²) >= 11 is 6.19. The average Bonchev–Trinajstić information content (AvgIpc) is 1.84. The van der Waals surface area contributed by atoms with Gasteiger partial charge in [0.2, 0.25) is 0 Å². The van der Waals surface area contributed by atoms with Gasteiger partial charge in [0, 0.05) is 0 Å². The first-order valence-corrected chi connectivity index (χ1v) is 3.94. The summed E-state index contributed by atoms with van der Waals surface area (Å²) in [5.74, 6) is 0.585. The zero-order valence-corrected chi connectivity index (χ0v) is 7.98. The van der Waals surface area contributed by atoms with E-state index in [1.54, 1.807) is 0 Å². The van der Waals surface area contributed by atoms with Crippen LogP contribution in [0.4, 0.5) is 11.6 Å². The molecule has 0 radical (unpaired) electrons. The summed E-state index contributed by atoms with van der Waals surface area (Å²) in [4.78, 5) is 7.67. The highest BCUT2D eigenvalue weighted by molar-refractivity contribution is 9.11. The normalized spacial score (nSPS) is 9.80. The zero-order chi connectivity index (χ0) is 7.72. The van der Waals surface area contributed by atoms with Crippen LogP contribution in [0.5, 0.6) is 0 Å². The second-order valence-electron chi connectivity index (χ2n) is 1.58. The lowest BCUT2D eigenvalue weighted by molar-refractivity contribution is 1.15. The molecule has 1 heterocycles. The van der Waals surface area contributed by atoms with Gasteiger partial charge in [0.05, 0.1) is 0 Å². The number of nitrogen functional groups attached to an aromatic ring is 2. The highest BCUT2D eigenvalue weighted by Gasteiger charge is 2.03. The lowest BCUT2D eigenvalue weighted by Gasteiger charge is -1.98. The standard InChI is InChI=1S/C4H4Br2N4/c5-1-3(7)10-4(8)2(6)9-1/h(H4,7,8,10).